The summed E-state index contributed by atoms with van der Waals surface area (Å²) in [5.41, 5.74) is 6.02. The van der Waals surface area contributed by atoms with E-state index in [-0.39, 0.29) is 18.1 Å². The second-order valence-electron chi connectivity index (χ2n) is 7.73. The highest BCUT2D eigenvalue weighted by atomic mass is 16.2. The van der Waals surface area contributed by atoms with Gasteiger partial charge in [-0.25, -0.2) is 14.5 Å². The predicted molar refractivity (Wildman–Crippen MR) is 113 cm³/mol. The van der Waals surface area contributed by atoms with E-state index in [4.69, 9.17) is 0 Å². The van der Waals surface area contributed by atoms with Gasteiger partial charge in [0.15, 0.2) is 0 Å². The first-order valence-corrected chi connectivity index (χ1v) is 10.2. The summed E-state index contributed by atoms with van der Waals surface area (Å²) in [6.07, 6.45) is 8.01. The van der Waals surface area contributed by atoms with E-state index in [0.29, 0.717) is 0 Å². The fourth-order valence-corrected chi connectivity index (χ4v) is 3.88. The normalized spacial score (nSPS) is 15.2. The third kappa shape index (κ3) is 4.47. The molecule has 0 saturated heterocycles. The first kappa shape index (κ1) is 19.2. The molecule has 0 fully saturated rings. The van der Waals surface area contributed by atoms with E-state index in [1.165, 1.54) is 36.7 Å². The van der Waals surface area contributed by atoms with Gasteiger partial charge < -0.3 is 10.6 Å². The van der Waals surface area contributed by atoms with Gasteiger partial charge in [-0.3, -0.25) is 0 Å². The molecule has 2 atom stereocenters. The molecule has 0 spiro atoms. The Morgan fingerprint density at radius 1 is 0.931 bits per heavy atom. The molecular formula is C23H27N5O. The quantitative estimate of drug-likeness (QED) is 0.685. The fraction of sp³-hybridized carbons (Fsp3) is 0.348. The molecule has 0 radical (unpaired) electrons. The van der Waals surface area contributed by atoms with Crippen LogP contribution in [0.3, 0.4) is 0 Å². The number of carbonyl (C=O) groups is 1. The van der Waals surface area contributed by atoms with E-state index in [1.54, 1.807) is 11.0 Å². The van der Waals surface area contributed by atoms with E-state index in [0.717, 1.165) is 23.2 Å². The molecule has 3 aromatic rings. The third-order valence-corrected chi connectivity index (χ3v) is 5.64. The van der Waals surface area contributed by atoms with Crippen molar-refractivity contribution < 1.29 is 4.79 Å². The number of benzene rings is 2. The van der Waals surface area contributed by atoms with Gasteiger partial charge >= 0.3 is 6.03 Å². The average Bonchev–Trinajstić information content (AvgIpc) is 3.28. The lowest BCUT2D eigenvalue weighted by Gasteiger charge is -2.21. The molecule has 150 valence electrons. The van der Waals surface area contributed by atoms with Gasteiger partial charge in [0, 0.05) is 0 Å². The van der Waals surface area contributed by atoms with Crippen LogP contribution in [0, 0.1) is 0 Å². The minimum absolute atomic E-state index is 0.0379. The molecule has 0 bridgehead atoms. The van der Waals surface area contributed by atoms with Crippen molar-refractivity contribution in [2.24, 2.45) is 0 Å². The number of hydrogen-bond acceptors (Lipinski definition) is 3. The number of aryl methyl sites for hydroxylation is 2. The topological polar surface area (TPSA) is 71.8 Å². The van der Waals surface area contributed by atoms with Crippen LogP contribution in [-0.2, 0) is 12.8 Å². The van der Waals surface area contributed by atoms with Crippen molar-refractivity contribution in [2.45, 2.75) is 51.6 Å². The van der Waals surface area contributed by atoms with Crippen molar-refractivity contribution in [3.05, 3.63) is 77.4 Å². The van der Waals surface area contributed by atoms with Crippen LogP contribution < -0.4 is 10.6 Å². The smallest absolute Gasteiger partial charge is 0.315 e. The Labute approximate surface area is 171 Å². The number of nitrogens with one attached hydrogen (secondary N) is 2. The molecular weight excluding hydrogens is 362 g/mol. The van der Waals surface area contributed by atoms with Crippen molar-refractivity contribution in [2.75, 3.05) is 0 Å². The van der Waals surface area contributed by atoms with Gasteiger partial charge in [-0.05, 0) is 73.9 Å². The maximum absolute atomic E-state index is 12.5. The van der Waals surface area contributed by atoms with Crippen molar-refractivity contribution in [1.82, 2.24) is 25.4 Å². The largest absolute Gasteiger partial charge is 0.332 e. The second kappa shape index (κ2) is 8.47. The zero-order chi connectivity index (χ0) is 20.2. The molecule has 1 heterocycles. The van der Waals surface area contributed by atoms with Crippen LogP contribution in [0.5, 0.6) is 0 Å². The van der Waals surface area contributed by atoms with Crippen LogP contribution in [0.15, 0.2) is 55.1 Å². The summed E-state index contributed by atoms with van der Waals surface area (Å²) < 4.78 is 1.70. The van der Waals surface area contributed by atoms with Gasteiger partial charge in [0.2, 0.25) is 0 Å². The highest BCUT2D eigenvalue weighted by Crippen LogP contribution is 2.25. The Morgan fingerprint density at radius 3 is 2.28 bits per heavy atom. The molecule has 2 unspecified atom stereocenters. The maximum atomic E-state index is 12.5. The lowest BCUT2D eigenvalue weighted by atomic mass is 9.89. The number of aromatic nitrogens is 3. The number of hydrogen-bond donors (Lipinski definition) is 2. The second-order valence-corrected chi connectivity index (χ2v) is 7.73. The molecule has 1 aliphatic rings. The van der Waals surface area contributed by atoms with Crippen molar-refractivity contribution in [3.8, 4) is 5.69 Å². The van der Waals surface area contributed by atoms with Crippen LogP contribution in [0.25, 0.3) is 5.69 Å². The summed E-state index contributed by atoms with van der Waals surface area (Å²) in [5, 5.41) is 10.2. The fourth-order valence-electron chi connectivity index (χ4n) is 3.88. The summed E-state index contributed by atoms with van der Waals surface area (Å²) in [4.78, 5) is 16.5. The number of amides is 2. The summed E-state index contributed by atoms with van der Waals surface area (Å²) in [6.45, 7) is 4.01. The summed E-state index contributed by atoms with van der Waals surface area (Å²) >= 11 is 0. The zero-order valence-electron chi connectivity index (χ0n) is 16.9. The number of rotatable bonds is 5. The molecule has 29 heavy (non-hydrogen) atoms. The standard InChI is InChI=1S/C23H27N5O/c1-16(18-9-11-22(12-10-18)28-15-24-14-25-28)26-23(29)27-17(2)20-8-7-19-5-3-4-6-21(19)13-20/h7-17H,3-6H2,1-2H3,(H2,26,27,29). The number of urea groups is 1. The minimum atomic E-state index is -0.164. The molecule has 1 aromatic heterocycles. The van der Waals surface area contributed by atoms with Gasteiger partial charge in [-0.1, -0.05) is 30.3 Å². The molecule has 0 saturated carbocycles. The zero-order valence-corrected chi connectivity index (χ0v) is 16.9. The van der Waals surface area contributed by atoms with Crippen LogP contribution in [0.1, 0.15) is 61.0 Å². The van der Waals surface area contributed by atoms with Gasteiger partial charge in [0.25, 0.3) is 0 Å². The number of carbonyl (C=O) groups excluding carboxylic acids is 1. The maximum Gasteiger partial charge on any atom is 0.315 e. The average molecular weight is 390 g/mol. The summed E-state index contributed by atoms with van der Waals surface area (Å²) in [7, 11) is 0. The van der Waals surface area contributed by atoms with Crippen LogP contribution in [0.4, 0.5) is 4.79 Å². The van der Waals surface area contributed by atoms with Gasteiger partial charge in [-0.2, -0.15) is 5.10 Å². The monoisotopic (exact) mass is 389 g/mol. The third-order valence-electron chi connectivity index (χ3n) is 5.64. The Morgan fingerprint density at radius 2 is 1.59 bits per heavy atom. The van der Waals surface area contributed by atoms with Gasteiger partial charge in [-0.15, -0.1) is 0 Å². The summed E-state index contributed by atoms with van der Waals surface area (Å²) in [6, 6.07) is 14.2. The van der Waals surface area contributed by atoms with Gasteiger partial charge in [0.05, 0.1) is 17.8 Å². The molecule has 0 aliphatic heterocycles. The Hall–Kier alpha value is -3.15. The molecule has 4 rings (SSSR count). The Balaban J connectivity index is 1.35. The van der Waals surface area contributed by atoms with E-state index in [1.807, 2.05) is 38.1 Å². The molecule has 2 N–H and O–H groups in total. The van der Waals surface area contributed by atoms with Crippen molar-refractivity contribution in [3.63, 3.8) is 0 Å². The molecule has 6 heteroatoms. The van der Waals surface area contributed by atoms with E-state index >= 15 is 0 Å². The molecule has 2 aromatic carbocycles. The van der Waals surface area contributed by atoms with Crippen LogP contribution in [-0.4, -0.2) is 20.8 Å². The Kier molecular flexibility index (Phi) is 5.60. The van der Waals surface area contributed by atoms with Crippen molar-refractivity contribution in [1.29, 1.82) is 0 Å². The molecule has 1 aliphatic carbocycles. The van der Waals surface area contributed by atoms with E-state index in [2.05, 4.69) is 38.9 Å². The molecule has 2 amide bonds. The van der Waals surface area contributed by atoms with Gasteiger partial charge in [0.1, 0.15) is 12.7 Å². The van der Waals surface area contributed by atoms with Crippen molar-refractivity contribution >= 4 is 6.03 Å². The SMILES string of the molecule is CC(NC(=O)NC(C)c1ccc2c(c1)CCCC2)c1ccc(-n2cncn2)cc1. The number of nitrogens with zero attached hydrogens (tertiary/aromatic N) is 3. The first-order chi connectivity index (χ1) is 14.1. The molecule has 6 nitrogen and oxygen atoms in total. The van der Waals surface area contributed by atoms with E-state index in [9.17, 15) is 4.79 Å². The Bertz CT molecular complexity index is 965. The van der Waals surface area contributed by atoms with Crippen LogP contribution in [0.2, 0.25) is 0 Å². The highest BCUT2D eigenvalue weighted by Gasteiger charge is 2.15. The first-order valence-electron chi connectivity index (χ1n) is 10.2. The van der Waals surface area contributed by atoms with Crippen LogP contribution >= 0.6 is 0 Å². The predicted octanol–water partition coefficient (Wildman–Crippen LogP) is 4.27. The summed E-state index contributed by atoms with van der Waals surface area (Å²) in [5.74, 6) is 0. The lowest BCUT2D eigenvalue weighted by Crippen LogP contribution is -2.38. The number of fused-ring (bicyclic) bond motifs is 1. The van der Waals surface area contributed by atoms with E-state index < -0.39 is 0 Å². The lowest BCUT2D eigenvalue weighted by molar-refractivity contribution is 0.235. The minimum Gasteiger partial charge on any atom is -0.332 e. The highest BCUT2D eigenvalue weighted by molar-refractivity contribution is 5.75.